The summed E-state index contributed by atoms with van der Waals surface area (Å²) in [5.41, 5.74) is 3.03. The lowest BCUT2D eigenvalue weighted by Crippen LogP contribution is -2.47. The Morgan fingerprint density at radius 2 is 1.50 bits per heavy atom. The Labute approximate surface area is 103 Å². The van der Waals surface area contributed by atoms with Gasteiger partial charge in [0.2, 0.25) is 0 Å². The minimum atomic E-state index is -1.26. The summed E-state index contributed by atoms with van der Waals surface area (Å²) < 4.78 is 1.51. The summed E-state index contributed by atoms with van der Waals surface area (Å²) in [6, 6.07) is 10.9. The summed E-state index contributed by atoms with van der Waals surface area (Å²) in [5, 5.41) is 10.6. The largest absolute Gasteiger partial charge is 0.545 e. The molecular weight excluding hydrogens is 232 g/mol. The van der Waals surface area contributed by atoms with Crippen LogP contribution in [0.25, 0.3) is 0 Å². The van der Waals surface area contributed by atoms with Crippen LogP contribution in [0.3, 0.4) is 0 Å². The van der Waals surface area contributed by atoms with Gasteiger partial charge < -0.3 is 9.90 Å². The monoisotopic (exact) mass is 242 g/mol. The first-order valence-corrected chi connectivity index (χ1v) is 5.26. The molecule has 0 saturated carbocycles. The SMILES string of the molecule is O=C([O-])c1ccc(C(=O)N[n+]2ccccc2)cc1. The number of aromatic carboxylic acids is 1. The minimum absolute atomic E-state index is 0.0407. The third-order valence-electron chi connectivity index (χ3n) is 2.33. The molecule has 0 bridgehead atoms. The Balaban J connectivity index is 2.12. The Hall–Kier alpha value is -2.69. The highest BCUT2D eigenvalue weighted by Gasteiger charge is 2.09. The summed E-state index contributed by atoms with van der Waals surface area (Å²) in [7, 11) is 0. The van der Waals surface area contributed by atoms with Crippen molar-refractivity contribution in [3.63, 3.8) is 0 Å². The average Bonchev–Trinajstić information content (AvgIpc) is 2.40. The number of pyridine rings is 1. The number of carbonyl (C=O) groups is 2. The van der Waals surface area contributed by atoms with Crippen molar-refractivity contribution < 1.29 is 19.4 Å². The molecule has 0 spiro atoms. The Bertz CT molecular complexity index is 565. The number of carbonyl (C=O) groups excluding carboxylic acids is 2. The number of amides is 1. The normalized spacial score (nSPS) is 9.78. The molecule has 18 heavy (non-hydrogen) atoms. The van der Waals surface area contributed by atoms with E-state index in [4.69, 9.17) is 0 Å². The highest BCUT2D eigenvalue weighted by atomic mass is 16.4. The molecule has 5 nitrogen and oxygen atoms in total. The second-order valence-corrected chi connectivity index (χ2v) is 3.59. The third-order valence-corrected chi connectivity index (χ3v) is 2.33. The van der Waals surface area contributed by atoms with Crippen LogP contribution in [0.2, 0.25) is 0 Å². The lowest BCUT2D eigenvalue weighted by Gasteiger charge is -2.03. The standard InChI is InChI=1S/C13H10N2O3/c16-12(14-15-8-2-1-3-9-15)10-4-6-11(7-5-10)13(17)18/h1-9H,(H-,14,16,17,18). The maximum Gasteiger partial charge on any atom is 0.305 e. The van der Waals surface area contributed by atoms with E-state index in [1.807, 2.05) is 6.07 Å². The Morgan fingerprint density at radius 3 is 2.06 bits per heavy atom. The number of aromatic nitrogens is 1. The number of hydrogen-bond donors (Lipinski definition) is 1. The summed E-state index contributed by atoms with van der Waals surface area (Å²) in [5.74, 6) is -1.59. The summed E-state index contributed by atoms with van der Waals surface area (Å²) in [4.78, 5) is 22.4. The van der Waals surface area contributed by atoms with Gasteiger partial charge in [0.05, 0.1) is 5.97 Å². The minimum Gasteiger partial charge on any atom is -0.545 e. The van der Waals surface area contributed by atoms with Crippen LogP contribution in [0.15, 0.2) is 54.9 Å². The first kappa shape index (κ1) is 11.8. The van der Waals surface area contributed by atoms with E-state index in [9.17, 15) is 14.7 Å². The zero-order chi connectivity index (χ0) is 13.0. The molecule has 0 unspecified atom stereocenters. The number of nitrogens with zero attached hydrogens (tertiary/aromatic N) is 1. The average molecular weight is 242 g/mol. The molecule has 0 radical (unpaired) electrons. The second-order valence-electron chi connectivity index (χ2n) is 3.59. The number of rotatable bonds is 3. The van der Waals surface area contributed by atoms with Crippen molar-refractivity contribution in [2.75, 3.05) is 5.43 Å². The molecule has 0 fully saturated rings. The molecule has 1 aromatic heterocycles. The number of hydrogen-bond acceptors (Lipinski definition) is 3. The first-order chi connectivity index (χ1) is 8.66. The second kappa shape index (κ2) is 5.09. The predicted octanol–water partition coefficient (Wildman–Crippen LogP) is -0.279. The van der Waals surface area contributed by atoms with E-state index >= 15 is 0 Å². The molecule has 1 N–H and O–H groups in total. The van der Waals surface area contributed by atoms with Crippen LogP contribution < -0.4 is 15.2 Å². The molecule has 2 rings (SSSR count). The lowest BCUT2D eigenvalue weighted by molar-refractivity contribution is -0.641. The predicted molar refractivity (Wildman–Crippen MR) is 61.1 cm³/mol. The van der Waals surface area contributed by atoms with Crippen molar-refractivity contribution in [1.29, 1.82) is 0 Å². The van der Waals surface area contributed by atoms with Gasteiger partial charge in [-0.2, -0.15) is 0 Å². The molecule has 1 heterocycles. The van der Waals surface area contributed by atoms with Crippen LogP contribution in [0.1, 0.15) is 20.7 Å². The van der Waals surface area contributed by atoms with Gasteiger partial charge in [-0.3, -0.25) is 4.79 Å². The fourth-order valence-corrected chi connectivity index (χ4v) is 1.41. The molecule has 0 atom stereocenters. The zero-order valence-corrected chi connectivity index (χ0v) is 9.37. The van der Waals surface area contributed by atoms with Crippen LogP contribution in [0.5, 0.6) is 0 Å². The molecule has 0 aliphatic rings. The molecule has 90 valence electrons. The number of benzene rings is 1. The molecule has 1 amide bonds. The van der Waals surface area contributed by atoms with Crippen LogP contribution in [0.4, 0.5) is 0 Å². The summed E-state index contributed by atoms with van der Waals surface area (Å²) >= 11 is 0. The van der Waals surface area contributed by atoms with E-state index in [0.717, 1.165) is 0 Å². The molecule has 2 aromatic rings. The van der Waals surface area contributed by atoms with Crippen LogP contribution >= 0.6 is 0 Å². The van der Waals surface area contributed by atoms with E-state index in [1.165, 1.54) is 28.9 Å². The summed E-state index contributed by atoms with van der Waals surface area (Å²) in [6.45, 7) is 0. The number of carboxylic acid groups (broad SMARTS) is 1. The van der Waals surface area contributed by atoms with Gasteiger partial charge in [-0.25, -0.2) is 0 Å². The first-order valence-electron chi connectivity index (χ1n) is 5.26. The maximum atomic E-state index is 11.8. The Kier molecular flexibility index (Phi) is 3.33. The maximum absolute atomic E-state index is 11.8. The van der Waals surface area contributed by atoms with Crippen LogP contribution in [-0.2, 0) is 0 Å². The molecule has 0 aliphatic carbocycles. The Morgan fingerprint density at radius 1 is 0.944 bits per heavy atom. The van der Waals surface area contributed by atoms with Crippen molar-refractivity contribution in [2.24, 2.45) is 0 Å². The van der Waals surface area contributed by atoms with Gasteiger partial charge in [-0.05, 0) is 17.7 Å². The molecular formula is C13H10N2O3. The van der Waals surface area contributed by atoms with Gasteiger partial charge in [0.1, 0.15) is 0 Å². The smallest absolute Gasteiger partial charge is 0.305 e. The molecule has 5 heteroatoms. The van der Waals surface area contributed by atoms with Crippen molar-refractivity contribution in [2.45, 2.75) is 0 Å². The third kappa shape index (κ3) is 2.70. The van der Waals surface area contributed by atoms with Crippen LogP contribution in [-0.4, -0.2) is 11.9 Å². The van der Waals surface area contributed by atoms with E-state index < -0.39 is 5.97 Å². The van der Waals surface area contributed by atoms with E-state index in [2.05, 4.69) is 5.43 Å². The van der Waals surface area contributed by atoms with Crippen molar-refractivity contribution >= 4 is 11.9 Å². The summed E-state index contributed by atoms with van der Waals surface area (Å²) in [6.07, 6.45) is 3.38. The van der Waals surface area contributed by atoms with Gasteiger partial charge in [0.15, 0.2) is 12.4 Å². The molecule has 0 aliphatic heterocycles. The van der Waals surface area contributed by atoms with Gasteiger partial charge in [-0.15, -0.1) is 5.43 Å². The fraction of sp³-hybridized carbons (Fsp3) is 0. The fourth-order valence-electron chi connectivity index (χ4n) is 1.41. The highest BCUT2D eigenvalue weighted by molar-refractivity contribution is 5.99. The van der Waals surface area contributed by atoms with Crippen LogP contribution in [0, 0.1) is 0 Å². The van der Waals surface area contributed by atoms with E-state index in [1.54, 1.807) is 24.5 Å². The van der Waals surface area contributed by atoms with Gasteiger partial charge in [-0.1, -0.05) is 22.9 Å². The zero-order valence-electron chi connectivity index (χ0n) is 9.37. The van der Waals surface area contributed by atoms with E-state index in [-0.39, 0.29) is 11.5 Å². The van der Waals surface area contributed by atoms with Gasteiger partial charge >= 0.3 is 5.91 Å². The van der Waals surface area contributed by atoms with Gasteiger partial charge in [0.25, 0.3) is 0 Å². The molecule has 0 saturated heterocycles. The number of carboxylic acids is 1. The van der Waals surface area contributed by atoms with Crippen molar-refractivity contribution in [1.82, 2.24) is 0 Å². The quantitative estimate of drug-likeness (QED) is 0.752. The lowest BCUT2D eigenvalue weighted by atomic mass is 10.1. The van der Waals surface area contributed by atoms with Gasteiger partial charge in [0, 0.05) is 17.7 Å². The van der Waals surface area contributed by atoms with Crippen molar-refractivity contribution in [3.8, 4) is 0 Å². The number of nitrogens with one attached hydrogen (secondary N) is 1. The highest BCUT2D eigenvalue weighted by Crippen LogP contribution is 2.03. The molecule has 1 aromatic carbocycles. The van der Waals surface area contributed by atoms with Crippen molar-refractivity contribution in [3.05, 3.63) is 66.0 Å². The van der Waals surface area contributed by atoms with E-state index in [0.29, 0.717) is 5.56 Å². The topological polar surface area (TPSA) is 73.1 Å².